The summed E-state index contributed by atoms with van der Waals surface area (Å²) in [6.45, 7) is 4.84. The summed E-state index contributed by atoms with van der Waals surface area (Å²) in [5, 5.41) is 8.98. The highest BCUT2D eigenvalue weighted by atomic mass is 16.5. The van der Waals surface area contributed by atoms with Gasteiger partial charge in [-0.05, 0) is 49.1 Å². The average Bonchev–Trinajstić information content (AvgIpc) is 2.80. The molecule has 0 radical (unpaired) electrons. The summed E-state index contributed by atoms with van der Waals surface area (Å²) in [5.41, 5.74) is 2.48. The van der Waals surface area contributed by atoms with Gasteiger partial charge < -0.3 is 9.84 Å². The number of rotatable bonds is 14. The van der Waals surface area contributed by atoms with Crippen LogP contribution in [-0.4, -0.2) is 35.6 Å². The van der Waals surface area contributed by atoms with E-state index in [1.807, 2.05) is 36.4 Å². The highest BCUT2D eigenvalue weighted by molar-refractivity contribution is 5.92. The Bertz CT molecular complexity index is 882. The summed E-state index contributed by atoms with van der Waals surface area (Å²) < 4.78 is 6.04. The molecule has 1 N–H and O–H groups in total. The van der Waals surface area contributed by atoms with E-state index in [1.54, 1.807) is 11.9 Å². The minimum atomic E-state index is -0.820. The van der Waals surface area contributed by atoms with Crippen molar-refractivity contribution in [2.24, 2.45) is 0 Å². The van der Waals surface area contributed by atoms with Crippen molar-refractivity contribution >= 4 is 17.7 Å². The van der Waals surface area contributed by atoms with Crippen molar-refractivity contribution in [3.63, 3.8) is 0 Å². The molecule has 2 aromatic rings. The predicted octanol–water partition coefficient (Wildman–Crippen LogP) is 5.88. The number of aliphatic carboxylic acids is 1. The van der Waals surface area contributed by atoms with E-state index in [1.165, 1.54) is 0 Å². The second-order valence-corrected chi connectivity index (χ2v) is 8.07. The number of benzene rings is 1. The normalized spacial score (nSPS) is 10.7. The van der Waals surface area contributed by atoms with Crippen molar-refractivity contribution in [3.05, 3.63) is 42.0 Å². The molecule has 6 nitrogen and oxygen atoms in total. The summed E-state index contributed by atoms with van der Waals surface area (Å²) in [6, 6.07) is 11.4. The molecule has 0 aliphatic heterocycles. The molecule has 32 heavy (non-hydrogen) atoms. The van der Waals surface area contributed by atoms with Gasteiger partial charge in [0.1, 0.15) is 11.6 Å². The number of carboxylic acids is 1. The molecule has 0 spiro atoms. The van der Waals surface area contributed by atoms with Crippen LogP contribution in [0.1, 0.15) is 70.8 Å². The number of carbonyl (C=O) groups is 2. The number of carboxylic acid groups (broad SMARTS) is 1. The third-order valence-corrected chi connectivity index (χ3v) is 5.40. The molecule has 0 unspecified atom stereocenters. The first kappa shape index (κ1) is 25.4. The number of aryl methyl sites for hydroxylation is 1. The van der Waals surface area contributed by atoms with Crippen molar-refractivity contribution < 1.29 is 19.4 Å². The van der Waals surface area contributed by atoms with Crippen LogP contribution in [0.15, 0.2) is 36.4 Å². The number of anilines is 1. The fraction of sp³-hybridized carbons (Fsp3) is 0.500. The monoisotopic (exact) mass is 440 g/mol. The maximum Gasteiger partial charge on any atom is 0.303 e. The number of unbranched alkanes of at least 4 members (excludes halogenated alkanes) is 4. The van der Waals surface area contributed by atoms with Gasteiger partial charge in [-0.2, -0.15) is 0 Å². The van der Waals surface area contributed by atoms with Gasteiger partial charge in [0.25, 0.3) is 0 Å². The molecular formula is C26H36N2O4. The van der Waals surface area contributed by atoms with Gasteiger partial charge >= 0.3 is 5.97 Å². The van der Waals surface area contributed by atoms with Gasteiger partial charge in [0.2, 0.25) is 5.91 Å². The fourth-order valence-electron chi connectivity index (χ4n) is 3.39. The van der Waals surface area contributed by atoms with E-state index in [9.17, 15) is 9.59 Å². The molecule has 0 saturated heterocycles. The third-order valence-electron chi connectivity index (χ3n) is 5.40. The van der Waals surface area contributed by atoms with Crippen LogP contribution in [0, 0.1) is 0 Å². The number of pyridine rings is 1. The van der Waals surface area contributed by atoms with E-state index in [0.29, 0.717) is 31.0 Å². The zero-order valence-electron chi connectivity index (χ0n) is 19.6. The number of ether oxygens (including phenoxy) is 1. The van der Waals surface area contributed by atoms with Gasteiger partial charge in [0.15, 0.2) is 0 Å². The van der Waals surface area contributed by atoms with E-state index >= 15 is 0 Å². The Morgan fingerprint density at radius 1 is 1.00 bits per heavy atom. The lowest BCUT2D eigenvalue weighted by Crippen LogP contribution is -2.26. The standard InChI is InChI=1S/C26H36N2O4/c1-4-6-8-9-13-25(29)28(3)24-12-10-11-22(27-24)21-16-14-20(15-17-26(30)31)19-23(21)32-18-7-5-2/h10-12,14,16,19H,4-9,13,15,17-18H2,1-3H3,(H,30,31). The first-order chi connectivity index (χ1) is 15.5. The maximum atomic E-state index is 12.6. The van der Waals surface area contributed by atoms with Crippen LogP contribution in [0.2, 0.25) is 0 Å². The Balaban J connectivity index is 2.23. The Morgan fingerprint density at radius 2 is 1.78 bits per heavy atom. The molecule has 1 aromatic heterocycles. The maximum absolute atomic E-state index is 12.6. The van der Waals surface area contributed by atoms with Crippen LogP contribution in [-0.2, 0) is 16.0 Å². The molecule has 0 aliphatic rings. The summed E-state index contributed by atoms with van der Waals surface area (Å²) >= 11 is 0. The van der Waals surface area contributed by atoms with Crippen LogP contribution >= 0.6 is 0 Å². The molecule has 1 heterocycles. The fourth-order valence-corrected chi connectivity index (χ4v) is 3.39. The van der Waals surface area contributed by atoms with E-state index in [2.05, 4.69) is 13.8 Å². The quantitative estimate of drug-likeness (QED) is 0.371. The number of nitrogens with zero attached hydrogens (tertiary/aromatic N) is 2. The molecular weight excluding hydrogens is 404 g/mol. The lowest BCUT2D eigenvalue weighted by atomic mass is 10.0. The second kappa shape index (κ2) is 13.5. The van der Waals surface area contributed by atoms with Crippen molar-refractivity contribution in [1.29, 1.82) is 0 Å². The minimum Gasteiger partial charge on any atom is -0.493 e. The predicted molar refractivity (Wildman–Crippen MR) is 128 cm³/mol. The van der Waals surface area contributed by atoms with Crippen molar-refractivity contribution in [3.8, 4) is 17.0 Å². The highest BCUT2D eigenvalue weighted by Gasteiger charge is 2.15. The van der Waals surface area contributed by atoms with Crippen LogP contribution in [0.5, 0.6) is 5.75 Å². The molecule has 2 rings (SSSR count). The van der Waals surface area contributed by atoms with E-state index in [-0.39, 0.29) is 12.3 Å². The van der Waals surface area contributed by atoms with Crippen molar-refractivity contribution in [2.75, 3.05) is 18.6 Å². The van der Waals surface area contributed by atoms with E-state index < -0.39 is 5.97 Å². The highest BCUT2D eigenvalue weighted by Crippen LogP contribution is 2.32. The Kier molecular flexibility index (Phi) is 10.7. The van der Waals surface area contributed by atoms with Crippen LogP contribution in [0.4, 0.5) is 5.82 Å². The van der Waals surface area contributed by atoms with Gasteiger partial charge in [0, 0.05) is 25.5 Å². The third kappa shape index (κ3) is 7.98. The SMILES string of the molecule is CCCCCCC(=O)N(C)c1cccc(-c2ccc(CCC(=O)O)cc2OCCCC)n1. The lowest BCUT2D eigenvalue weighted by Gasteiger charge is -2.18. The summed E-state index contributed by atoms with van der Waals surface area (Å²) in [7, 11) is 1.77. The van der Waals surface area contributed by atoms with Gasteiger partial charge in [-0.25, -0.2) is 4.98 Å². The summed E-state index contributed by atoms with van der Waals surface area (Å²) in [4.78, 5) is 29.9. The number of carbonyl (C=O) groups excluding carboxylic acids is 1. The Hall–Kier alpha value is -2.89. The first-order valence-corrected chi connectivity index (χ1v) is 11.7. The van der Waals surface area contributed by atoms with Crippen molar-refractivity contribution in [1.82, 2.24) is 4.98 Å². The van der Waals surface area contributed by atoms with Gasteiger partial charge in [-0.15, -0.1) is 0 Å². The minimum absolute atomic E-state index is 0.0641. The molecule has 174 valence electrons. The summed E-state index contributed by atoms with van der Waals surface area (Å²) in [5.74, 6) is 0.547. The molecule has 0 bridgehead atoms. The topological polar surface area (TPSA) is 79.7 Å². The van der Waals surface area contributed by atoms with Gasteiger partial charge in [0.05, 0.1) is 12.3 Å². The molecule has 6 heteroatoms. The zero-order chi connectivity index (χ0) is 23.3. The molecule has 0 aliphatic carbocycles. The number of aromatic nitrogens is 1. The van der Waals surface area contributed by atoms with Crippen molar-refractivity contribution in [2.45, 2.75) is 71.6 Å². The number of hydrogen-bond acceptors (Lipinski definition) is 4. The molecule has 1 aromatic carbocycles. The Labute approximate surface area is 191 Å². The number of hydrogen-bond donors (Lipinski definition) is 1. The van der Waals surface area contributed by atoms with Crippen LogP contribution in [0.3, 0.4) is 0 Å². The zero-order valence-corrected chi connectivity index (χ0v) is 19.6. The second-order valence-electron chi connectivity index (χ2n) is 8.07. The van der Waals surface area contributed by atoms with Gasteiger partial charge in [-0.3, -0.25) is 14.5 Å². The van der Waals surface area contributed by atoms with E-state index in [4.69, 9.17) is 14.8 Å². The first-order valence-electron chi connectivity index (χ1n) is 11.7. The lowest BCUT2D eigenvalue weighted by molar-refractivity contribution is -0.137. The molecule has 0 fully saturated rings. The molecule has 0 saturated carbocycles. The molecule has 1 amide bonds. The largest absolute Gasteiger partial charge is 0.493 e. The van der Waals surface area contributed by atoms with Crippen LogP contribution < -0.4 is 9.64 Å². The van der Waals surface area contributed by atoms with Gasteiger partial charge in [-0.1, -0.05) is 51.7 Å². The summed E-state index contributed by atoms with van der Waals surface area (Å²) in [6.07, 6.45) is 7.25. The molecule has 0 atom stereocenters. The Morgan fingerprint density at radius 3 is 2.50 bits per heavy atom. The smallest absolute Gasteiger partial charge is 0.303 e. The number of amides is 1. The van der Waals surface area contributed by atoms with Crippen LogP contribution in [0.25, 0.3) is 11.3 Å². The average molecular weight is 441 g/mol. The van der Waals surface area contributed by atoms with E-state index in [0.717, 1.165) is 55.3 Å².